The van der Waals surface area contributed by atoms with Gasteiger partial charge in [0.15, 0.2) is 5.78 Å². The number of benzene rings is 2. The number of anilines is 1. The highest BCUT2D eigenvalue weighted by atomic mass is 16.4. The molecule has 3 rings (SSSR count). The number of nitrogens with two attached hydrogens (primary N) is 1. The van der Waals surface area contributed by atoms with Crippen LogP contribution in [-0.4, -0.2) is 85.5 Å². The lowest BCUT2D eigenvalue weighted by Crippen LogP contribution is -2.79. The molecule has 0 saturated carbocycles. The number of carbonyl (C=O) groups is 5. The van der Waals surface area contributed by atoms with Crippen LogP contribution in [0, 0.1) is 41.4 Å². The van der Waals surface area contributed by atoms with Crippen LogP contribution >= 0.6 is 0 Å². The number of likely N-dealkylation sites (N-methyl/N-ethyl adjacent to an activating group) is 1. The molecule has 0 fully saturated rings. The van der Waals surface area contributed by atoms with E-state index in [9.17, 15) is 39.3 Å². The van der Waals surface area contributed by atoms with Crippen molar-refractivity contribution in [3.63, 3.8) is 0 Å². The number of Topliss-reactive ketones (excluding diaryl/α,β-unsaturated/α-hetero) is 1. The topological polar surface area (TPSA) is 224 Å². The van der Waals surface area contributed by atoms with Crippen LogP contribution in [0.3, 0.4) is 0 Å². The van der Waals surface area contributed by atoms with Gasteiger partial charge in [-0.25, -0.2) is 9.78 Å². The van der Waals surface area contributed by atoms with E-state index in [2.05, 4.69) is 9.97 Å². The summed E-state index contributed by atoms with van der Waals surface area (Å²) in [6.45, 7) is 19.0. The van der Waals surface area contributed by atoms with Crippen molar-refractivity contribution < 1.29 is 39.3 Å². The Labute approximate surface area is 328 Å². The van der Waals surface area contributed by atoms with Crippen molar-refractivity contribution in [2.24, 2.45) is 33.3 Å². The normalized spacial score (nSPS) is 14.8. The number of aromatic nitrogens is 2. The second-order valence-electron chi connectivity index (χ2n) is 18.1. The first-order valence-corrected chi connectivity index (χ1v) is 18.6. The van der Waals surface area contributed by atoms with Gasteiger partial charge in [-0.05, 0) is 84.0 Å². The van der Waals surface area contributed by atoms with Crippen LogP contribution in [0.25, 0.3) is 10.9 Å². The maximum Gasteiger partial charge on any atom is 0.338 e. The van der Waals surface area contributed by atoms with Gasteiger partial charge < -0.3 is 35.8 Å². The minimum absolute atomic E-state index is 0.0273. The van der Waals surface area contributed by atoms with Crippen molar-refractivity contribution in [3.8, 4) is 0 Å². The van der Waals surface area contributed by atoms with E-state index in [0.29, 0.717) is 29.0 Å². The number of nitrogens with zero attached hydrogens (tertiary/aromatic N) is 3. The average Bonchev–Trinajstić information content (AvgIpc) is 3.04. The Balaban J connectivity index is 2.27. The van der Waals surface area contributed by atoms with Gasteiger partial charge in [0, 0.05) is 43.7 Å². The molecule has 1 amide bonds. The Morgan fingerprint density at radius 3 is 1.82 bits per heavy atom. The maximum atomic E-state index is 15.0. The van der Waals surface area contributed by atoms with Gasteiger partial charge in [-0.3, -0.25) is 24.0 Å². The standard InChI is InChI=1S/C42H59N5O9/c1-23-20-30-28(33(49)45-24(2)44-30)21-26(23)22-46(12)27-16-14-25(15-17-27)34(50)47(13)41(37(55)56,31(48)19-18-29(43)35(51)52)42(39(6,7)8,40(9,10)11)32(36(53)54)38(3,4)5/h14-17,20-21,29,32H,18-19,22,43H2,1-13H3,(H,51,52)(H,53,54)(H,55,56)(H,44,45,49)/t29-,32?,41+/m0/s1. The maximum absolute atomic E-state index is 15.0. The Morgan fingerprint density at radius 1 is 0.839 bits per heavy atom. The molecular weight excluding hydrogens is 718 g/mol. The molecular formula is C42H59N5O9. The first kappa shape index (κ1) is 45.3. The number of hydrogen-bond donors (Lipinski definition) is 5. The summed E-state index contributed by atoms with van der Waals surface area (Å²) in [5.74, 6) is -7.42. The van der Waals surface area contributed by atoms with Gasteiger partial charge in [0.1, 0.15) is 11.9 Å². The predicted molar refractivity (Wildman–Crippen MR) is 215 cm³/mol. The molecule has 14 nitrogen and oxygen atoms in total. The number of rotatable bonds is 14. The molecule has 3 atom stereocenters. The second kappa shape index (κ2) is 15.8. The van der Waals surface area contributed by atoms with Gasteiger partial charge in [-0.1, -0.05) is 62.3 Å². The molecule has 1 unspecified atom stereocenters. The predicted octanol–water partition coefficient (Wildman–Crippen LogP) is 5.66. The number of nitrogens with one attached hydrogen (secondary N) is 1. The molecule has 0 aliphatic carbocycles. The van der Waals surface area contributed by atoms with Crippen LogP contribution in [0.1, 0.15) is 102 Å². The van der Waals surface area contributed by atoms with Crippen molar-refractivity contribution >= 4 is 46.2 Å². The Hall–Kier alpha value is -5.11. The molecule has 56 heavy (non-hydrogen) atoms. The van der Waals surface area contributed by atoms with Crippen LogP contribution in [0.2, 0.25) is 0 Å². The summed E-state index contributed by atoms with van der Waals surface area (Å²) < 4.78 is 0. The third kappa shape index (κ3) is 7.93. The number of amides is 1. The zero-order valence-corrected chi connectivity index (χ0v) is 35.0. The van der Waals surface area contributed by atoms with E-state index in [4.69, 9.17) is 5.73 Å². The number of aryl methyl sites for hydroxylation is 2. The number of aliphatic carboxylic acids is 3. The zero-order valence-electron chi connectivity index (χ0n) is 35.0. The highest BCUT2D eigenvalue weighted by Gasteiger charge is 2.77. The van der Waals surface area contributed by atoms with Gasteiger partial charge in [0.2, 0.25) is 5.54 Å². The van der Waals surface area contributed by atoms with Gasteiger partial charge in [-0.15, -0.1) is 0 Å². The number of H-pyrrole nitrogens is 1. The molecule has 1 aromatic heterocycles. The van der Waals surface area contributed by atoms with E-state index >= 15 is 4.79 Å². The van der Waals surface area contributed by atoms with Crippen molar-refractivity contribution in [1.82, 2.24) is 14.9 Å². The summed E-state index contributed by atoms with van der Waals surface area (Å²) in [6.07, 6.45) is -1.12. The van der Waals surface area contributed by atoms with Crippen LogP contribution < -0.4 is 16.2 Å². The molecule has 0 saturated heterocycles. The lowest BCUT2D eigenvalue weighted by atomic mass is 9.37. The van der Waals surface area contributed by atoms with Crippen molar-refractivity contribution in [1.29, 1.82) is 0 Å². The van der Waals surface area contributed by atoms with Crippen molar-refractivity contribution in [2.45, 2.75) is 107 Å². The first-order valence-electron chi connectivity index (χ1n) is 18.6. The van der Waals surface area contributed by atoms with E-state index in [1.54, 1.807) is 87.4 Å². The monoisotopic (exact) mass is 777 g/mol. The van der Waals surface area contributed by atoms with Gasteiger partial charge >= 0.3 is 17.9 Å². The molecule has 0 aliphatic rings. The van der Waals surface area contributed by atoms with Crippen molar-refractivity contribution in [3.05, 3.63) is 69.3 Å². The molecule has 3 aromatic rings. The van der Waals surface area contributed by atoms with E-state index in [1.165, 1.54) is 19.2 Å². The molecule has 0 spiro atoms. The number of ketones is 1. The molecule has 0 aliphatic heterocycles. The summed E-state index contributed by atoms with van der Waals surface area (Å²) in [5.41, 5.74) is -0.0217. The average molecular weight is 778 g/mol. The quantitative estimate of drug-likeness (QED) is 0.125. The fourth-order valence-corrected chi connectivity index (χ4v) is 9.36. The Morgan fingerprint density at radius 2 is 1.38 bits per heavy atom. The third-order valence-electron chi connectivity index (χ3n) is 11.2. The molecule has 6 N–H and O–H groups in total. The summed E-state index contributed by atoms with van der Waals surface area (Å²) >= 11 is 0. The number of aromatic amines is 1. The van der Waals surface area contributed by atoms with E-state index in [1.807, 2.05) is 24.9 Å². The Bertz CT molecular complexity index is 2060. The van der Waals surface area contributed by atoms with E-state index in [-0.39, 0.29) is 11.1 Å². The molecule has 306 valence electrons. The fourth-order valence-electron chi connectivity index (χ4n) is 9.36. The SMILES string of the molecule is Cc1nc2cc(C)c(CN(C)c3ccc(C(=O)N(C)[C@@](C(=O)O)(C(=O)CC[C@H](N)C(=O)O)C(C(C(=O)O)C(C)(C)C)(C(C)(C)C)C(C)(C)C)cc3)cc2c(=O)[nH]1. The van der Waals surface area contributed by atoms with Crippen molar-refractivity contribution in [2.75, 3.05) is 19.0 Å². The summed E-state index contributed by atoms with van der Waals surface area (Å²) in [5, 5.41) is 32.7. The number of carboxylic acid groups (broad SMARTS) is 3. The lowest BCUT2D eigenvalue weighted by molar-refractivity contribution is -0.222. The third-order valence-corrected chi connectivity index (χ3v) is 11.2. The van der Waals surface area contributed by atoms with Gasteiger partial charge in [0.25, 0.3) is 11.5 Å². The summed E-state index contributed by atoms with van der Waals surface area (Å²) in [4.78, 5) is 92.0. The van der Waals surface area contributed by atoms with Crippen LogP contribution in [0.4, 0.5) is 5.69 Å². The molecule has 0 bridgehead atoms. The number of carboxylic acids is 3. The Kier molecular flexibility index (Phi) is 12.8. The van der Waals surface area contributed by atoms with Crippen LogP contribution in [0.15, 0.2) is 41.2 Å². The largest absolute Gasteiger partial charge is 0.481 e. The first-order chi connectivity index (χ1) is 25.5. The zero-order chi connectivity index (χ0) is 43.1. The van der Waals surface area contributed by atoms with Gasteiger partial charge in [-0.2, -0.15) is 0 Å². The lowest BCUT2D eigenvalue weighted by Gasteiger charge is -2.67. The minimum atomic E-state index is -2.86. The summed E-state index contributed by atoms with van der Waals surface area (Å²) in [6, 6.07) is 8.47. The summed E-state index contributed by atoms with van der Waals surface area (Å²) in [7, 11) is 3.03. The van der Waals surface area contributed by atoms with E-state index in [0.717, 1.165) is 16.0 Å². The molecule has 1 heterocycles. The van der Waals surface area contributed by atoms with Gasteiger partial charge in [0.05, 0.1) is 16.8 Å². The highest BCUT2D eigenvalue weighted by molar-refractivity contribution is 6.14. The fraction of sp³-hybridized carbons (Fsp3) is 0.548. The molecule has 14 heteroatoms. The molecule has 0 radical (unpaired) electrons. The number of fused-ring (bicyclic) bond motifs is 1. The van der Waals surface area contributed by atoms with Crippen LogP contribution in [0.5, 0.6) is 0 Å². The number of carbonyl (C=O) groups excluding carboxylic acids is 2. The van der Waals surface area contributed by atoms with Crippen LogP contribution in [-0.2, 0) is 25.7 Å². The smallest absolute Gasteiger partial charge is 0.338 e. The van der Waals surface area contributed by atoms with E-state index < -0.39 is 81.6 Å². The number of hydrogen-bond acceptors (Lipinski definition) is 9. The second-order valence-corrected chi connectivity index (χ2v) is 18.1. The minimum Gasteiger partial charge on any atom is -0.481 e. The highest BCUT2D eigenvalue weighted by Crippen LogP contribution is 2.67. The molecule has 2 aromatic carbocycles.